The highest BCUT2D eigenvalue weighted by molar-refractivity contribution is 5.87. The Hall–Kier alpha value is -1.06. The van der Waals surface area contributed by atoms with Crippen LogP contribution < -0.4 is 0 Å². The normalized spacial score (nSPS) is 25.5. The lowest BCUT2D eigenvalue weighted by Gasteiger charge is -2.06. The minimum absolute atomic E-state index is 0.119. The minimum atomic E-state index is -0.314. The molecule has 0 N–H and O–H groups in total. The average molecular weight is 186 g/mol. The van der Waals surface area contributed by atoms with Crippen LogP contribution in [0.25, 0.3) is 0 Å². The molecule has 1 saturated carbocycles. The number of hydrogen-bond donors (Lipinski definition) is 0. The Bertz CT molecular complexity index is 222. The van der Waals surface area contributed by atoms with Gasteiger partial charge in [-0.15, -0.1) is 0 Å². The fourth-order valence-electron chi connectivity index (χ4n) is 1.19. The van der Waals surface area contributed by atoms with Crippen LogP contribution >= 0.6 is 0 Å². The molecule has 0 aromatic heterocycles. The predicted octanol–water partition coefficient (Wildman–Crippen LogP) is 0.747. The van der Waals surface area contributed by atoms with Crippen LogP contribution in [0.4, 0.5) is 0 Å². The quantitative estimate of drug-likeness (QED) is 0.610. The zero-order valence-corrected chi connectivity index (χ0v) is 8.07. The molecule has 4 nitrogen and oxygen atoms in total. The van der Waals surface area contributed by atoms with E-state index in [4.69, 9.17) is 4.74 Å². The Morgan fingerprint density at radius 1 is 1.23 bits per heavy atom. The van der Waals surface area contributed by atoms with Crippen molar-refractivity contribution >= 4 is 11.9 Å². The lowest BCUT2D eigenvalue weighted by Crippen LogP contribution is -2.16. The van der Waals surface area contributed by atoms with Crippen molar-refractivity contribution < 1.29 is 19.1 Å². The molecule has 0 heterocycles. The first-order valence-electron chi connectivity index (χ1n) is 4.34. The number of esters is 2. The average Bonchev–Trinajstić information content (AvgIpc) is 2.80. The molecule has 0 aliphatic heterocycles. The molecule has 0 spiro atoms. The number of carbonyl (C=O) groups excluding carboxylic acids is 2. The number of carbonyl (C=O) groups is 2. The van der Waals surface area contributed by atoms with Crippen LogP contribution in [-0.2, 0) is 19.1 Å². The summed E-state index contributed by atoms with van der Waals surface area (Å²) in [5, 5.41) is 0. The number of methoxy groups -OCH3 is 1. The summed E-state index contributed by atoms with van der Waals surface area (Å²) in [6, 6.07) is 0. The second kappa shape index (κ2) is 3.77. The molecule has 0 aromatic carbocycles. The predicted molar refractivity (Wildman–Crippen MR) is 44.8 cm³/mol. The van der Waals surface area contributed by atoms with Crippen molar-refractivity contribution in [2.24, 2.45) is 11.8 Å². The third-order valence-corrected chi connectivity index (χ3v) is 1.95. The summed E-state index contributed by atoms with van der Waals surface area (Å²) in [7, 11) is 1.32. The highest BCUT2D eigenvalue weighted by atomic mass is 16.5. The fourth-order valence-corrected chi connectivity index (χ4v) is 1.19. The van der Waals surface area contributed by atoms with Crippen molar-refractivity contribution in [3.8, 4) is 0 Å². The van der Waals surface area contributed by atoms with E-state index in [1.807, 2.05) is 0 Å². The Balaban J connectivity index is 2.34. The lowest BCUT2D eigenvalue weighted by molar-refractivity contribution is -0.152. The Morgan fingerprint density at radius 3 is 2.23 bits per heavy atom. The molecule has 0 radical (unpaired) electrons. The highest BCUT2D eigenvalue weighted by Crippen LogP contribution is 2.40. The molecule has 0 saturated heterocycles. The van der Waals surface area contributed by atoms with Crippen molar-refractivity contribution in [2.75, 3.05) is 7.11 Å². The molecule has 1 aliphatic rings. The maximum absolute atomic E-state index is 11.2. The molecule has 0 bridgehead atoms. The van der Waals surface area contributed by atoms with Gasteiger partial charge in [-0.05, 0) is 20.3 Å². The summed E-state index contributed by atoms with van der Waals surface area (Å²) in [5.41, 5.74) is 0. The minimum Gasteiger partial charge on any atom is -0.469 e. The molecular formula is C9H14O4. The Kier molecular flexibility index (Phi) is 2.90. The van der Waals surface area contributed by atoms with E-state index in [0.29, 0.717) is 6.42 Å². The fraction of sp³-hybridized carbons (Fsp3) is 0.778. The van der Waals surface area contributed by atoms with Gasteiger partial charge in [0.25, 0.3) is 0 Å². The first-order chi connectivity index (χ1) is 6.06. The topological polar surface area (TPSA) is 52.6 Å². The zero-order chi connectivity index (χ0) is 10.0. The SMILES string of the molecule is COC(=O)C1CC1C(=O)OC(C)C. The molecule has 4 heteroatoms. The lowest BCUT2D eigenvalue weighted by atomic mass is 10.3. The second-order valence-corrected chi connectivity index (χ2v) is 3.46. The molecule has 13 heavy (non-hydrogen) atoms. The van der Waals surface area contributed by atoms with E-state index < -0.39 is 0 Å². The molecule has 0 amide bonds. The Labute approximate surface area is 77.2 Å². The van der Waals surface area contributed by atoms with Gasteiger partial charge >= 0.3 is 11.9 Å². The summed E-state index contributed by atoms with van der Waals surface area (Å²) in [4.78, 5) is 22.2. The van der Waals surface area contributed by atoms with Gasteiger partial charge in [-0.25, -0.2) is 0 Å². The summed E-state index contributed by atoms with van der Waals surface area (Å²) < 4.78 is 9.47. The van der Waals surface area contributed by atoms with E-state index in [0.717, 1.165) is 0 Å². The van der Waals surface area contributed by atoms with Crippen LogP contribution in [0.5, 0.6) is 0 Å². The van der Waals surface area contributed by atoms with Crippen molar-refractivity contribution in [3.05, 3.63) is 0 Å². The van der Waals surface area contributed by atoms with Crippen LogP contribution in [0.3, 0.4) is 0 Å². The van der Waals surface area contributed by atoms with Crippen LogP contribution in [0.1, 0.15) is 20.3 Å². The molecular weight excluding hydrogens is 172 g/mol. The first-order valence-corrected chi connectivity index (χ1v) is 4.34. The largest absolute Gasteiger partial charge is 0.469 e. The maximum Gasteiger partial charge on any atom is 0.310 e. The number of hydrogen-bond acceptors (Lipinski definition) is 4. The number of rotatable bonds is 3. The second-order valence-electron chi connectivity index (χ2n) is 3.46. The van der Waals surface area contributed by atoms with Gasteiger partial charge in [0.1, 0.15) is 0 Å². The van der Waals surface area contributed by atoms with Crippen molar-refractivity contribution in [1.29, 1.82) is 0 Å². The molecule has 2 atom stereocenters. The smallest absolute Gasteiger partial charge is 0.310 e. The van der Waals surface area contributed by atoms with E-state index in [9.17, 15) is 9.59 Å². The van der Waals surface area contributed by atoms with Crippen LogP contribution in [-0.4, -0.2) is 25.2 Å². The van der Waals surface area contributed by atoms with Gasteiger partial charge in [0.2, 0.25) is 0 Å². The van der Waals surface area contributed by atoms with Gasteiger partial charge in [-0.3, -0.25) is 9.59 Å². The summed E-state index contributed by atoms with van der Waals surface area (Å²) in [5.74, 6) is -1.14. The third kappa shape index (κ3) is 2.44. The van der Waals surface area contributed by atoms with E-state index in [1.165, 1.54) is 7.11 Å². The van der Waals surface area contributed by atoms with Gasteiger partial charge in [0.05, 0.1) is 25.0 Å². The van der Waals surface area contributed by atoms with E-state index in [1.54, 1.807) is 13.8 Å². The molecule has 0 aromatic rings. The van der Waals surface area contributed by atoms with Gasteiger partial charge in [-0.2, -0.15) is 0 Å². The van der Waals surface area contributed by atoms with E-state index in [2.05, 4.69) is 4.74 Å². The standard InChI is InChI=1S/C9H14O4/c1-5(2)13-9(11)7-4-6(7)8(10)12-3/h5-7H,4H2,1-3H3. The summed E-state index contributed by atoms with van der Waals surface area (Å²) in [6.07, 6.45) is 0.449. The molecule has 74 valence electrons. The summed E-state index contributed by atoms with van der Waals surface area (Å²) >= 11 is 0. The monoisotopic (exact) mass is 186 g/mol. The highest BCUT2D eigenvalue weighted by Gasteiger charge is 2.50. The van der Waals surface area contributed by atoms with Crippen molar-refractivity contribution in [3.63, 3.8) is 0 Å². The van der Waals surface area contributed by atoms with Gasteiger partial charge in [-0.1, -0.05) is 0 Å². The van der Waals surface area contributed by atoms with Crippen molar-refractivity contribution in [2.45, 2.75) is 26.4 Å². The van der Waals surface area contributed by atoms with E-state index in [-0.39, 0.29) is 29.9 Å². The Morgan fingerprint density at radius 2 is 1.77 bits per heavy atom. The van der Waals surface area contributed by atoms with Crippen molar-refractivity contribution in [1.82, 2.24) is 0 Å². The van der Waals surface area contributed by atoms with Gasteiger partial charge < -0.3 is 9.47 Å². The van der Waals surface area contributed by atoms with Crippen LogP contribution in [0, 0.1) is 11.8 Å². The maximum atomic E-state index is 11.2. The van der Waals surface area contributed by atoms with Gasteiger partial charge in [0.15, 0.2) is 0 Å². The molecule has 1 rings (SSSR count). The molecule has 1 fully saturated rings. The van der Waals surface area contributed by atoms with Crippen LogP contribution in [0.2, 0.25) is 0 Å². The first kappa shape index (κ1) is 10.0. The van der Waals surface area contributed by atoms with Gasteiger partial charge in [0, 0.05) is 0 Å². The third-order valence-electron chi connectivity index (χ3n) is 1.95. The number of ether oxygens (including phenoxy) is 2. The zero-order valence-electron chi connectivity index (χ0n) is 8.07. The molecule has 2 unspecified atom stereocenters. The summed E-state index contributed by atoms with van der Waals surface area (Å²) in [6.45, 7) is 3.57. The van der Waals surface area contributed by atoms with E-state index >= 15 is 0 Å². The molecule has 1 aliphatic carbocycles. The van der Waals surface area contributed by atoms with Crippen LogP contribution in [0.15, 0.2) is 0 Å².